The average molecular weight is 175 g/mol. The third-order valence-corrected chi connectivity index (χ3v) is 1.29. The molecule has 0 aliphatic carbocycles. The van der Waals surface area contributed by atoms with Gasteiger partial charge in [0.1, 0.15) is 11.8 Å². The van der Waals surface area contributed by atoms with Crippen molar-refractivity contribution in [2.45, 2.75) is 39.5 Å². The van der Waals surface area contributed by atoms with Crippen LogP contribution < -0.4 is 5.73 Å². The van der Waals surface area contributed by atoms with Crippen molar-refractivity contribution in [2.75, 3.05) is 0 Å². The summed E-state index contributed by atoms with van der Waals surface area (Å²) in [4.78, 5) is 11.1. The number of aliphatic hydroxyl groups excluding tert-OH is 1. The van der Waals surface area contributed by atoms with Gasteiger partial charge in [-0.1, -0.05) is 0 Å². The molecule has 0 spiro atoms. The first kappa shape index (κ1) is 11.4. The zero-order chi connectivity index (χ0) is 9.94. The molecule has 0 bridgehead atoms. The number of carbonyl (C=O) groups is 1. The van der Waals surface area contributed by atoms with Crippen molar-refractivity contribution in [3.05, 3.63) is 0 Å². The van der Waals surface area contributed by atoms with E-state index in [0.717, 1.165) is 0 Å². The van der Waals surface area contributed by atoms with Crippen LogP contribution in [0.25, 0.3) is 0 Å². The van der Waals surface area contributed by atoms with Crippen LogP contribution in [0.1, 0.15) is 27.7 Å². The summed E-state index contributed by atoms with van der Waals surface area (Å²) in [6, 6.07) is 0. The standard InChI is InChI=1S/C8H17NO3/c1-5(6(9)10)7(11)12-8(2,3)4/h5-6,10H,9H2,1-4H3/t5-,6?/m0/s1. The minimum Gasteiger partial charge on any atom is -0.460 e. The molecule has 0 aliphatic heterocycles. The molecule has 72 valence electrons. The Balaban J connectivity index is 4.05. The van der Waals surface area contributed by atoms with E-state index in [-0.39, 0.29) is 0 Å². The Morgan fingerprint density at radius 1 is 1.50 bits per heavy atom. The van der Waals surface area contributed by atoms with Crippen LogP contribution in [0.5, 0.6) is 0 Å². The maximum Gasteiger partial charge on any atom is 0.313 e. The van der Waals surface area contributed by atoms with E-state index >= 15 is 0 Å². The largest absolute Gasteiger partial charge is 0.460 e. The molecule has 0 aromatic rings. The Kier molecular flexibility index (Phi) is 3.67. The van der Waals surface area contributed by atoms with Gasteiger partial charge < -0.3 is 15.6 Å². The quantitative estimate of drug-likeness (QED) is 0.466. The number of ether oxygens (including phenoxy) is 1. The topological polar surface area (TPSA) is 72.5 Å². The van der Waals surface area contributed by atoms with Crippen molar-refractivity contribution in [3.8, 4) is 0 Å². The summed E-state index contributed by atoms with van der Waals surface area (Å²) in [5.74, 6) is -1.15. The lowest BCUT2D eigenvalue weighted by molar-refractivity contribution is -0.162. The average Bonchev–Trinajstić information content (AvgIpc) is 1.82. The highest BCUT2D eigenvalue weighted by atomic mass is 16.6. The van der Waals surface area contributed by atoms with Gasteiger partial charge in [0.2, 0.25) is 0 Å². The van der Waals surface area contributed by atoms with Crippen LogP contribution in [-0.2, 0) is 9.53 Å². The highest BCUT2D eigenvalue weighted by Gasteiger charge is 2.24. The monoisotopic (exact) mass is 175 g/mol. The van der Waals surface area contributed by atoms with Crippen molar-refractivity contribution < 1.29 is 14.6 Å². The SMILES string of the molecule is C[C@H](C(=O)OC(C)(C)C)C(N)O. The van der Waals surface area contributed by atoms with Crippen LogP contribution in [-0.4, -0.2) is 22.9 Å². The molecule has 0 aromatic heterocycles. The molecule has 0 amide bonds. The van der Waals surface area contributed by atoms with Crippen molar-refractivity contribution in [2.24, 2.45) is 11.7 Å². The van der Waals surface area contributed by atoms with Gasteiger partial charge in [0.15, 0.2) is 0 Å². The van der Waals surface area contributed by atoms with Crippen molar-refractivity contribution in [1.29, 1.82) is 0 Å². The number of hydrogen-bond acceptors (Lipinski definition) is 4. The van der Waals surface area contributed by atoms with Gasteiger partial charge in [-0.25, -0.2) is 0 Å². The maximum atomic E-state index is 11.1. The second-order valence-corrected chi connectivity index (χ2v) is 3.81. The molecular weight excluding hydrogens is 158 g/mol. The fourth-order valence-electron chi connectivity index (χ4n) is 0.534. The van der Waals surface area contributed by atoms with Crippen LogP contribution in [0.4, 0.5) is 0 Å². The Labute approximate surface area is 72.7 Å². The van der Waals surface area contributed by atoms with E-state index in [4.69, 9.17) is 15.6 Å². The van der Waals surface area contributed by atoms with Gasteiger partial charge in [0.05, 0.1) is 5.92 Å². The van der Waals surface area contributed by atoms with E-state index in [0.29, 0.717) is 0 Å². The molecule has 0 fully saturated rings. The molecule has 3 N–H and O–H groups in total. The Bertz CT molecular complexity index is 160. The summed E-state index contributed by atoms with van der Waals surface area (Å²) in [5, 5.41) is 8.87. The lowest BCUT2D eigenvalue weighted by Gasteiger charge is -2.23. The summed E-state index contributed by atoms with van der Waals surface area (Å²) in [6.45, 7) is 6.82. The van der Waals surface area contributed by atoms with E-state index in [2.05, 4.69) is 0 Å². The molecule has 0 saturated heterocycles. The highest BCUT2D eigenvalue weighted by molar-refractivity contribution is 5.72. The predicted molar refractivity (Wildman–Crippen MR) is 45.2 cm³/mol. The zero-order valence-electron chi connectivity index (χ0n) is 8.00. The number of hydrogen-bond donors (Lipinski definition) is 2. The highest BCUT2D eigenvalue weighted by Crippen LogP contribution is 2.11. The number of carbonyl (C=O) groups excluding carboxylic acids is 1. The van der Waals surface area contributed by atoms with Gasteiger partial charge in [-0.15, -0.1) is 0 Å². The van der Waals surface area contributed by atoms with E-state index in [1.54, 1.807) is 20.8 Å². The molecule has 0 rings (SSSR count). The summed E-state index contributed by atoms with van der Waals surface area (Å²) < 4.78 is 4.98. The van der Waals surface area contributed by atoms with Gasteiger partial charge in [0.25, 0.3) is 0 Å². The number of rotatable bonds is 2. The van der Waals surface area contributed by atoms with Crippen LogP contribution in [0.2, 0.25) is 0 Å². The first-order valence-electron chi connectivity index (χ1n) is 3.90. The fourth-order valence-corrected chi connectivity index (χ4v) is 0.534. The van der Waals surface area contributed by atoms with Gasteiger partial charge in [-0.05, 0) is 27.7 Å². The predicted octanol–water partition coefficient (Wildman–Crippen LogP) is 0.241. The number of esters is 1. The van der Waals surface area contributed by atoms with E-state index in [1.165, 1.54) is 6.92 Å². The lowest BCUT2D eigenvalue weighted by Crippen LogP contribution is -2.37. The molecule has 0 heterocycles. The fraction of sp³-hybridized carbons (Fsp3) is 0.875. The van der Waals surface area contributed by atoms with Crippen molar-refractivity contribution in [3.63, 3.8) is 0 Å². The molecule has 0 aromatic carbocycles. The summed E-state index contributed by atoms with van der Waals surface area (Å²) in [7, 11) is 0. The third kappa shape index (κ3) is 4.31. The molecule has 1 unspecified atom stereocenters. The molecule has 4 heteroatoms. The van der Waals surface area contributed by atoms with E-state index < -0.39 is 23.7 Å². The summed E-state index contributed by atoms with van der Waals surface area (Å²) in [5.41, 5.74) is 4.58. The minimum atomic E-state index is -1.15. The number of aliphatic hydroxyl groups is 1. The van der Waals surface area contributed by atoms with Crippen LogP contribution >= 0.6 is 0 Å². The first-order valence-corrected chi connectivity index (χ1v) is 3.90. The van der Waals surface area contributed by atoms with Crippen LogP contribution in [0.15, 0.2) is 0 Å². The van der Waals surface area contributed by atoms with Gasteiger partial charge >= 0.3 is 5.97 Å². The van der Waals surface area contributed by atoms with Gasteiger partial charge in [-0.2, -0.15) is 0 Å². The van der Waals surface area contributed by atoms with Crippen LogP contribution in [0, 0.1) is 5.92 Å². The molecule has 2 atom stereocenters. The van der Waals surface area contributed by atoms with Crippen molar-refractivity contribution >= 4 is 5.97 Å². The van der Waals surface area contributed by atoms with Gasteiger partial charge in [0, 0.05) is 0 Å². The molecule has 0 radical (unpaired) electrons. The molecule has 4 nitrogen and oxygen atoms in total. The zero-order valence-corrected chi connectivity index (χ0v) is 8.00. The maximum absolute atomic E-state index is 11.1. The Hall–Kier alpha value is -0.610. The van der Waals surface area contributed by atoms with Crippen LogP contribution in [0.3, 0.4) is 0 Å². The lowest BCUT2D eigenvalue weighted by atomic mass is 10.1. The normalized spacial score (nSPS) is 16.8. The summed E-state index contributed by atoms with van der Waals surface area (Å²) >= 11 is 0. The first-order chi connectivity index (χ1) is 5.24. The molecule has 0 aliphatic rings. The minimum absolute atomic E-state index is 0.475. The third-order valence-electron chi connectivity index (χ3n) is 1.29. The molecule has 0 saturated carbocycles. The smallest absolute Gasteiger partial charge is 0.313 e. The Morgan fingerprint density at radius 3 is 2.17 bits per heavy atom. The van der Waals surface area contributed by atoms with E-state index in [1.807, 2.05) is 0 Å². The summed E-state index contributed by atoms with van der Waals surface area (Å²) in [6.07, 6.45) is -1.15. The second-order valence-electron chi connectivity index (χ2n) is 3.81. The second kappa shape index (κ2) is 3.87. The Morgan fingerprint density at radius 2 is 1.92 bits per heavy atom. The van der Waals surface area contributed by atoms with Gasteiger partial charge in [-0.3, -0.25) is 4.79 Å². The molecule has 12 heavy (non-hydrogen) atoms. The molecular formula is C8H17NO3. The van der Waals surface area contributed by atoms with E-state index in [9.17, 15) is 4.79 Å². The number of nitrogens with two attached hydrogens (primary N) is 1. The van der Waals surface area contributed by atoms with Crippen molar-refractivity contribution in [1.82, 2.24) is 0 Å².